The molecule has 0 spiro atoms. The molecular formula is C7H9NO3S2. The molecule has 0 saturated heterocycles. The third kappa shape index (κ3) is 3.56. The summed E-state index contributed by atoms with van der Waals surface area (Å²) in [7, 11) is -3.21. The Bertz CT molecular complexity index is 371. The molecule has 0 radical (unpaired) electrons. The molecule has 1 aromatic carbocycles. The monoisotopic (exact) mass is 219 g/mol. The van der Waals surface area contributed by atoms with Crippen molar-refractivity contribution in [3.63, 3.8) is 0 Å². The minimum Gasteiger partial charge on any atom is -0.429 e. The standard InChI is InChI=1S/C7H9NO3S2/c1-13(9,10)8-6-2-4-7(11-12)5-3-6/h2-5,8,12H,1H3. The first-order chi connectivity index (χ1) is 6.01. The summed E-state index contributed by atoms with van der Waals surface area (Å²) in [6, 6.07) is 6.40. The third-order valence-corrected chi connectivity index (χ3v) is 2.08. The van der Waals surface area contributed by atoms with Crippen LogP contribution < -0.4 is 8.91 Å². The van der Waals surface area contributed by atoms with E-state index in [2.05, 4.69) is 21.8 Å². The third-order valence-electron chi connectivity index (χ3n) is 1.26. The van der Waals surface area contributed by atoms with Gasteiger partial charge in [-0.05, 0) is 24.3 Å². The zero-order valence-electron chi connectivity index (χ0n) is 6.89. The number of thiol groups is 1. The second-order valence-electron chi connectivity index (χ2n) is 2.49. The molecule has 0 amide bonds. The number of anilines is 1. The molecule has 0 aliphatic heterocycles. The van der Waals surface area contributed by atoms with Crippen molar-refractivity contribution in [2.24, 2.45) is 0 Å². The molecule has 0 bridgehead atoms. The van der Waals surface area contributed by atoms with E-state index < -0.39 is 10.0 Å². The molecule has 4 nitrogen and oxygen atoms in total. The topological polar surface area (TPSA) is 55.4 Å². The Hall–Kier alpha value is -0.880. The van der Waals surface area contributed by atoms with Gasteiger partial charge in [-0.15, -0.1) is 0 Å². The fourth-order valence-corrected chi connectivity index (χ4v) is 1.48. The van der Waals surface area contributed by atoms with Crippen LogP contribution in [0.4, 0.5) is 5.69 Å². The second-order valence-corrected chi connectivity index (χ2v) is 4.42. The summed E-state index contributed by atoms with van der Waals surface area (Å²) in [4.78, 5) is 0. The molecule has 0 aromatic heterocycles. The quantitative estimate of drug-likeness (QED) is 0.595. The van der Waals surface area contributed by atoms with Crippen molar-refractivity contribution in [3.05, 3.63) is 24.3 Å². The van der Waals surface area contributed by atoms with Crippen molar-refractivity contribution >= 4 is 28.6 Å². The van der Waals surface area contributed by atoms with E-state index in [1.807, 2.05) is 0 Å². The predicted octanol–water partition coefficient (Wildman–Crippen LogP) is 1.28. The van der Waals surface area contributed by atoms with Gasteiger partial charge < -0.3 is 4.18 Å². The highest BCUT2D eigenvalue weighted by Gasteiger charge is 2.00. The van der Waals surface area contributed by atoms with E-state index in [4.69, 9.17) is 0 Å². The van der Waals surface area contributed by atoms with Crippen LogP contribution in [0.15, 0.2) is 24.3 Å². The van der Waals surface area contributed by atoms with Gasteiger partial charge in [-0.1, -0.05) is 0 Å². The van der Waals surface area contributed by atoms with Crippen LogP contribution in [0.2, 0.25) is 0 Å². The molecular weight excluding hydrogens is 210 g/mol. The first-order valence-electron chi connectivity index (χ1n) is 3.40. The zero-order chi connectivity index (χ0) is 9.90. The highest BCUT2D eigenvalue weighted by molar-refractivity contribution is 7.92. The molecule has 1 rings (SSSR count). The smallest absolute Gasteiger partial charge is 0.229 e. The summed E-state index contributed by atoms with van der Waals surface area (Å²) in [6.45, 7) is 0. The summed E-state index contributed by atoms with van der Waals surface area (Å²) in [6.07, 6.45) is 1.09. The van der Waals surface area contributed by atoms with Crippen molar-refractivity contribution in [1.82, 2.24) is 0 Å². The van der Waals surface area contributed by atoms with Crippen molar-refractivity contribution in [2.75, 3.05) is 11.0 Å². The van der Waals surface area contributed by atoms with Crippen LogP contribution in [0.25, 0.3) is 0 Å². The van der Waals surface area contributed by atoms with Crippen LogP contribution in [0.1, 0.15) is 0 Å². The van der Waals surface area contributed by atoms with Gasteiger partial charge in [0.2, 0.25) is 10.0 Å². The maximum absolute atomic E-state index is 10.8. The minimum absolute atomic E-state index is 0.497. The molecule has 0 fully saturated rings. The number of rotatable bonds is 3. The van der Waals surface area contributed by atoms with Crippen LogP contribution in [-0.2, 0) is 10.0 Å². The van der Waals surface area contributed by atoms with E-state index in [0.29, 0.717) is 11.4 Å². The lowest BCUT2D eigenvalue weighted by atomic mass is 10.3. The zero-order valence-corrected chi connectivity index (χ0v) is 8.60. The largest absolute Gasteiger partial charge is 0.429 e. The molecule has 13 heavy (non-hydrogen) atoms. The van der Waals surface area contributed by atoms with Gasteiger partial charge in [-0.2, -0.15) is 0 Å². The Kier molecular flexibility index (Phi) is 3.05. The van der Waals surface area contributed by atoms with Crippen molar-refractivity contribution in [2.45, 2.75) is 0 Å². The lowest BCUT2D eigenvalue weighted by molar-refractivity contribution is 0.606. The van der Waals surface area contributed by atoms with Gasteiger partial charge in [0.15, 0.2) is 0 Å². The van der Waals surface area contributed by atoms with Gasteiger partial charge in [-0.3, -0.25) is 4.72 Å². The van der Waals surface area contributed by atoms with Crippen LogP contribution in [0.3, 0.4) is 0 Å². The van der Waals surface area contributed by atoms with Gasteiger partial charge in [0.25, 0.3) is 0 Å². The summed E-state index contributed by atoms with van der Waals surface area (Å²) < 4.78 is 28.5. The molecule has 1 N–H and O–H groups in total. The lowest BCUT2D eigenvalue weighted by Gasteiger charge is -2.03. The first kappa shape index (κ1) is 10.2. The molecule has 0 unspecified atom stereocenters. The maximum atomic E-state index is 10.8. The molecule has 6 heteroatoms. The van der Waals surface area contributed by atoms with Crippen molar-refractivity contribution in [1.29, 1.82) is 0 Å². The van der Waals surface area contributed by atoms with E-state index >= 15 is 0 Å². The van der Waals surface area contributed by atoms with Gasteiger partial charge in [-0.25, -0.2) is 8.42 Å². The molecule has 0 aliphatic rings. The highest BCUT2D eigenvalue weighted by Crippen LogP contribution is 2.16. The number of hydrogen-bond donors (Lipinski definition) is 2. The number of sulfonamides is 1. The molecule has 0 aliphatic carbocycles. The minimum atomic E-state index is -3.21. The van der Waals surface area contributed by atoms with Gasteiger partial charge in [0.05, 0.1) is 6.26 Å². The Morgan fingerprint density at radius 1 is 1.31 bits per heavy atom. The van der Waals surface area contributed by atoms with Crippen molar-refractivity contribution < 1.29 is 12.6 Å². The van der Waals surface area contributed by atoms with E-state index in [1.165, 1.54) is 0 Å². The lowest BCUT2D eigenvalue weighted by Crippen LogP contribution is -2.09. The predicted molar refractivity (Wildman–Crippen MR) is 54.5 cm³/mol. The van der Waals surface area contributed by atoms with Crippen LogP contribution in [0.5, 0.6) is 5.75 Å². The number of benzene rings is 1. The Balaban J connectivity index is 2.81. The number of nitrogens with one attached hydrogen (secondary N) is 1. The Morgan fingerprint density at radius 2 is 1.85 bits per heavy atom. The second kappa shape index (κ2) is 3.89. The average molecular weight is 219 g/mol. The normalized spacial score (nSPS) is 10.9. The average Bonchev–Trinajstić information content (AvgIpc) is 2.03. The Morgan fingerprint density at radius 3 is 2.23 bits per heavy atom. The molecule has 72 valence electrons. The summed E-state index contributed by atoms with van der Waals surface area (Å²) >= 11 is 3.59. The summed E-state index contributed by atoms with van der Waals surface area (Å²) in [5.41, 5.74) is 0.497. The van der Waals surface area contributed by atoms with Crippen molar-refractivity contribution in [3.8, 4) is 5.75 Å². The SMILES string of the molecule is CS(=O)(=O)Nc1ccc(OS)cc1. The fourth-order valence-electron chi connectivity index (χ4n) is 0.798. The molecule has 0 atom stereocenters. The van der Waals surface area contributed by atoms with Crippen LogP contribution in [-0.4, -0.2) is 14.7 Å². The molecule has 0 saturated carbocycles. The van der Waals surface area contributed by atoms with E-state index in [9.17, 15) is 8.42 Å². The van der Waals surface area contributed by atoms with E-state index in [1.54, 1.807) is 24.3 Å². The van der Waals surface area contributed by atoms with E-state index in [-0.39, 0.29) is 0 Å². The van der Waals surface area contributed by atoms with Crippen LogP contribution >= 0.6 is 12.9 Å². The first-order valence-corrected chi connectivity index (χ1v) is 5.66. The maximum Gasteiger partial charge on any atom is 0.229 e. The Labute approximate surface area is 82.6 Å². The van der Waals surface area contributed by atoms with Gasteiger partial charge in [0.1, 0.15) is 5.75 Å². The summed E-state index contributed by atoms with van der Waals surface area (Å²) in [5, 5.41) is 0. The van der Waals surface area contributed by atoms with E-state index in [0.717, 1.165) is 6.26 Å². The molecule has 1 aromatic rings. The highest BCUT2D eigenvalue weighted by atomic mass is 32.2. The van der Waals surface area contributed by atoms with Gasteiger partial charge >= 0.3 is 0 Å². The van der Waals surface area contributed by atoms with Crippen LogP contribution in [0, 0.1) is 0 Å². The summed E-state index contributed by atoms with van der Waals surface area (Å²) in [5.74, 6) is 0.558. The molecule has 0 heterocycles. The fraction of sp³-hybridized carbons (Fsp3) is 0.143. The number of hydrogen-bond acceptors (Lipinski definition) is 4. The van der Waals surface area contributed by atoms with Gasteiger partial charge in [0, 0.05) is 18.6 Å².